The van der Waals surface area contributed by atoms with E-state index in [1.165, 1.54) is 16.7 Å². The average Bonchev–Trinajstić information content (AvgIpc) is 2.78. The van der Waals surface area contributed by atoms with E-state index in [2.05, 4.69) is 88.3 Å². The smallest absolute Gasteiger partial charge is 0.161 e. The Morgan fingerprint density at radius 1 is 1.06 bits per heavy atom. The Kier molecular flexibility index (Phi) is 8.41. The van der Waals surface area contributed by atoms with Gasteiger partial charge in [0.05, 0.1) is 44.8 Å². The van der Waals surface area contributed by atoms with Crippen molar-refractivity contribution in [2.45, 2.75) is 65.1 Å². The maximum absolute atomic E-state index is 6.06. The Hall–Kier alpha value is -2.53. The molecule has 0 spiro atoms. The molecule has 0 fully saturated rings. The molecular weight excluding hydrogens is 412 g/mol. The number of aliphatic imine (C=N–C) groups is 1. The van der Waals surface area contributed by atoms with Crippen LogP contribution in [0.15, 0.2) is 47.5 Å². The van der Waals surface area contributed by atoms with Crippen molar-refractivity contribution >= 4 is 6.34 Å². The summed E-state index contributed by atoms with van der Waals surface area (Å²) in [6.45, 7) is 12.2. The van der Waals surface area contributed by atoms with Crippen LogP contribution in [0.25, 0.3) is 0 Å². The fourth-order valence-electron chi connectivity index (χ4n) is 4.16. The molecule has 2 atom stereocenters. The molecule has 5 heteroatoms. The fraction of sp³-hybridized carbons (Fsp3) is 0.536. The maximum Gasteiger partial charge on any atom is 0.161 e. The van der Waals surface area contributed by atoms with E-state index in [9.17, 15) is 0 Å². The zero-order valence-corrected chi connectivity index (χ0v) is 21.3. The Bertz CT molecular complexity index is 919. The summed E-state index contributed by atoms with van der Waals surface area (Å²) in [4.78, 5) is 7.39. The first-order chi connectivity index (χ1) is 15.7. The molecule has 3 rings (SSSR count). The highest BCUT2D eigenvalue weighted by Gasteiger charge is 2.28. The van der Waals surface area contributed by atoms with Crippen molar-refractivity contribution in [3.05, 3.63) is 59.2 Å². The maximum atomic E-state index is 6.06. The van der Waals surface area contributed by atoms with Gasteiger partial charge >= 0.3 is 0 Å². The summed E-state index contributed by atoms with van der Waals surface area (Å²) in [7, 11) is 3.39. The molecule has 1 aliphatic rings. The van der Waals surface area contributed by atoms with Crippen LogP contribution in [0.1, 0.15) is 57.4 Å². The molecule has 0 N–H and O–H groups in total. The van der Waals surface area contributed by atoms with Crippen molar-refractivity contribution in [2.24, 2.45) is 10.9 Å². The Balaban J connectivity index is 1.92. The summed E-state index contributed by atoms with van der Waals surface area (Å²) in [5.74, 6) is 1.96. The third-order valence-electron chi connectivity index (χ3n) is 6.18. The van der Waals surface area contributed by atoms with Gasteiger partial charge in [0, 0.05) is 6.54 Å². The predicted molar refractivity (Wildman–Crippen MR) is 136 cm³/mol. The van der Waals surface area contributed by atoms with Crippen molar-refractivity contribution in [2.75, 3.05) is 27.4 Å². The van der Waals surface area contributed by atoms with Crippen LogP contribution in [-0.4, -0.2) is 50.3 Å². The Labute approximate surface area is 199 Å². The van der Waals surface area contributed by atoms with Crippen LogP contribution in [0.4, 0.5) is 0 Å². The van der Waals surface area contributed by atoms with Gasteiger partial charge in [-0.2, -0.15) is 0 Å². The minimum absolute atomic E-state index is 0.119. The number of benzene rings is 2. The number of methoxy groups -OCH3 is 2. The Morgan fingerprint density at radius 3 is 2.33 bits per heavy atom. The standard InChI is InChI=1S/C28H40N2O3/c1-20(2)24(18-33-28(3,4)5)29-19-30-14-13-22-16-26(31-6)27(32-7)17-23(22)25(30)15-21-11-9-8-10-12-21/h8-12,16-17,19-20,24-25H,13-15,18H2,1-7H3/t24-,25-/m1/s1. The third kappa shape index (κ3) is 6.73. The highest BCUT2D eigenvalue weighted by molar-refractivity contribution is 5.59. The number of rotatable bonds is 9. The number of ether oxygens (including phenoxy) is 3. The van der Waals surface area contributed by atoms with Gasteiger partial charge in [-0.1, -0.05) is 44.2 Å². The molecule has 33 heavy (non-hydrogen) atoms. The molecule has 0 bridgehead atoms. The summed E-state index contributed by atoms with van der Waals surface area (Å²) in [6.07, 6.45) is 3.90. The molecule has 0 aliphatic carbocycles. The highest BCUT2D eigenvalue weighted by atomic mass is 16.5. The average molecular weight is 453 g/mol. The van der Waals surface area contributed by atoms with Gasteiger partial charge in [0.25, 0.3) is 0 Å². The van der Waals surface area contributed by atoms with Crippen LogP contribution in [0, 0.1) is 5.92 Å². The van der Waals surface area contributed by atoms with Crippen LogP contribution in [-0.2, 0) is 17.6 Å². The molecule has 1 heterocycles. The second kappa shape index (κ2) is 11.1. The summed E-state index contributed by atoms with van der Waals surface area (Å²) in [5, 5.41) is 0. The zero-order valence-electron chi connectivity index (χ0n) is 21.3. The second-order valence-electron chi connectivity index (χ2n) is 10.1. The predicted octanol–water partition coefficient (Wildman–Crippen LogP) is 5.71. The van der Waals surface area contributed by atoms with Gasteiger partial charge < -0.3 is 19.1 Å². The van der Waals surface area contributed by atoms with E-state index in [0.717, 1.165) is 30.9 Å². The molecule has 180 valence electrons. The van der Waals surface area contributed by atoms with Crippen molar-refractivity contribution in [3.63, 3.8) is 0 Å². The van der Waals surface area contributed by atoms with Gasteiger partial charge in [-0.3, -0.25) is 4.99 Å². The van der Waals surface area contributed by atoms with Gasteiger partial charge in [0.1, 0.15) is 0 Å². The van der Waals surface area contributed by atoms with Crippen molar-refractivity contribution < 1.29 is 14.2 Å². The second-order valence-corrected chi connectivity index (χ2v) is 10.1. The Morgan fingerprint density at radius 2 is 1.73 bits per heavy atom. The lowest BCUT2D eigenvalue weighted by Gasteiger charge is -2.37. The van der Waals surface area contributed by atoms with Crippen LogP contribution in [0.3, 0.4) is 0 Å². The third-order valence-corrected chi connectivity index (χ3v) is 6.18. The SMILES string of the molecule is COc1cc2c(cc1OC)[C@@H](Cc1ccccc1)N(C=N[C@H](COC(C)(C)C)C(C)C)CC2. The molecule has 0 saturated heterocycles. The van der Waals surface area contributed by atoms with Crippen LogP contribution in [0.5, 0.6) is 11.5 Å². The minimum Gasteiger partial charge on any atom is -0.493 e. The van der Waals surface area contributed by atoms with Crippen molar-refractivity contribution in [1.29, 1.82) is 0 Å². The van der Waals surface area contributed by atoms with Gasteiger partial charge in [0.15, 0.2) is 11.5 Å². The van der Waals surface area contributed by atoms with E-state index in [1.807, 2.05) is 0 Å². The molecule has 0 saturated carbocycles. The molecule has 0 aromatic heterocycles. The van der Waals surface area contributed by atoms with E-state index in [4.69, 9.17) is 19.2 Å². The van der Waals surface area contributed by atoms with E-state index in [-0.39, 0.29) is 17.7 Å². The van der Waals surface area contributed by atoms with Gasteiger partial charge in [-0.25, -0.2) is 0 Å². The first-order valence-electron chi connectivity index (χ1n) is 11.9. The molecule has 2 aromatic carbocycles. The largest absolute Gasteiger partial charge is 0.493 e. The lowest BCUT2D eigenvalue weighted by molar-refractivity contribution is -0.0145. The quantitative estimate of drug-likeness (QED) is 0.361. The number of hydrogen-bond donors (Lipinski definition) is 0. The molecule has 0 unspecified atom stereocenters. The molecule has 5 nitrogen and oxygen atoms in total. The van der Waals surface area contributed by atoms with Crippen LogP contribution in [0.2, 0.25) is 0 Å². The number of hydrogen-bond acceptors (Lipinski definition) is 4. The lowest BCUT2D eigenvalue weighted by atomic mass is 9.88. The lowest BCUT2D eigenvalue weighted by Crippen LogP contribution is -2.37. The van der Waals surface area contributed by atoms with Gasteiger partial charge in [0.2, 0.25) is 0 Å². The summed E-state index contributed by atoms with van der Waals surface area (Å²) < 4.78 is 17.3. The zero-order chi connectivity index (χ0) is 24.0. The van der Waals surface area contributed by atoms with Crippen LogP contribution >= 0.6 is 0 Å². The van der Waals surface area contributed by atoms with Crippen LogP contribution < -0.4 is 9.47 Å². The molecule has 0 amide bonds. The molecule has 1 aliphatic heterocycles. The summed E-state index contributed by atoms with van der Waals surface area (Å²) in [5.41, 5.74) is 3.73. The monoisotopic (exact) mass is 452 g/mol. The normalized spacial score (nSPS) is 17.3. The molecular formula is C28H40N2O3. The minimum atomic E-state index is -0.168. The van der Waals surface area contributed by atoms with E-state index in [1.54, 1.807) is 14.2 Å². The van der Waals surface area contributed by atoms with Gasteiger partial charge in [-0.05, 0) is 68.4 Å². The molecule has 2 aromatic rings. The van der Waals surface area contributed by atoms with E-state index < -0.39 is 0 Å². The summed E-state index contributed by atoms with van der Waals surface area (Å²) >= 11 is 0. The van der Waals surface area contributed by atoms with Crippen molar-refractivity contribution in [3.8, 4) is 11.5 Å². The van der Waals surface area contributed by atoms with E-state index in [0.29, 0.717) is 12.5 Å². The van der Waals surface area contributed by atoms with Crippen molar-refractivity contribution in [1.82, 2.24) is 4.90 Å². The van der Waals surface area contributed by atoms with E-state index >= 15 is 0 Å². The first-order valence-corrected chi connectivity index (χ1v) is 11.9. The molecule has 0 radical (unpaired) electrons. The van der Waals surface area contributed by atoms with Gasteiger partial charge in [-0.15, -0.1) is 0 Å². The topological polar surface area (TPSA) is 43.3 Å². The fourth-order valence-corrected chi connectivity index (χ4v) is 4.16. The summed E-state index contributed by atoms with van der Waals surface area (Å²) in [6, 6.07) is 15.2. The highest BCUT2D eigenvalue weighted by Crippen LogP contribution is 2.39. The number of nitrogens with zero attached hydrogens (tertiary/aromatic N) is 2. The first kappa shape index (κ1) is 25.1. The number of fused-ring (bicyclic) bond motifs is 1.